The van der Waals surface area contributed by atoms with Crippen molar-refractivity contribution >= 4 is 18.2 Å². The fourth-order valence-electron chi connectivity index (χ4n) is 4.20. The van der Waals surface area contributed by atoms with Crippen molar-refractivity contribution < 1.29 is 9.72 Å². The van der Waals surface area contributed by atoms with Gasteiger partial charge in [0.2, 0.25) is 5.54 Å². The molecular formula is C20H13N5O3. The summed E-state index contributed by atoms with van der Waals surface area (Å²) < 4.78 is 0. The van der Waals surface area contributed by atoms with Gasteiger partial charge in [-0.1, -0.05) is 36.4 Å². The zero-order chi connectivity index (χ0) is 19.9. The molecule has 28 heavy (non-hydrogen) atoms. The second-order valence-electron chi connectivity index (χ2n) is 6.69. The zero-order valence-electron chi connectivity index (χ0n) is 14.5. The summed E-state index contributed by atoms with van der Waals surface area (Å²) in [7, 11) is 0. The lowest BCUT2D eigenvalue weighted by molar-refractivity contribution is -0.384. The smallest absolute Gasteiger partial charge is 0.269 e. The quantitative estimate of drug-likeness (QED) is 0.464. The van der Waals surface area contributed by atoms with Gasteiger partial charge in [0, 0.05) is 18.1 Å². The Balaban J connectivity index is 1.92. The molecule has 2 heterocycles. The van der Waals surface area contributed by atoms with Crippen LogP contribution < -0.4 is 0 Å². The summed E-state index contributed by atoms with van der Waals surface area (Å²) in [5, 5.41) is 36.7. The summed E-state index contributed by atoms with van der Waals surface area (Å²) in [6.07, 6.45) is 2.33. The van der Waals surface area contributed by atoms with Gasteiger partial charge in [0.05, 0.1) is 23.1 Å². The average molecular weight is 371 g/mol. The molecule has 2 aromatic carbocycles. The van der Waals surface area contributed by atoms with E-state index in [0.29, 0.717) is 5.56 Å². The van der Waals surface area contributed by atoms with Gasteiger partial charge in [-0.25, -0.2) is 0 Å². The van der Waals surface area contributed by atoms with E-state index in [4.69, 9.17) is 0 Å². The molecular weight excluding hydrogens is 358 g/mol. The largest absolute Gasteiger partial charge is 0.303 e. The van der Waals surface area contributed by atoms with Crippen molar-refractivity contribution in [2.24, 2.45) is 11.0 Å². The first-order valence-electron chi connectivity index (χ1n) is 8.52. The molecule has 8 nitrogen and oxygen atoms in total. The lowest BCUT2D eigenvalue weighted by atomic mass is 9.75. The molecule has 2 aliphatic rings. The van der Waals surface area contributed by atoms with Gasteiger partial charge in [-0.15, -0.1) is 0 Å². The highest BCUT2D eigenvalue weighted by Gasteiger charge is 2.62. The Kier molecular flexibility index (Phi) is 3.90. The van der Waals surface area contributed by atoms with Crippen LogP contribution in [0.25, 0.3) is 0 Å². The molecule has 0 saturated carbocycles. The molecule has 4 rings (SSSR count). The van der Waals surface area contributed by atoms with Crippen molar-refractivity contribution in [2.45, 2.75) is 17.5 Å². The molecule has 0 aliphatic carbocycles. The van der Waals surface area contributed by atoms with E-state index in [9.17, 15) is 25.4 Å². The van der Waals surface area contributed by atoms with Gasteiger partial charge in [0.15, 0.2) is 0 Å². The number of nitriles is 2. The Bertz CT molecular complexity index is 1070. The number of benzene rings is 2. The van der Waals surface area contributed by atoms with E-state index >= 15 is 0 Å². The van der Waals surface area contributed by atoms with E-state index in [2.05, 4.69) is 17.2 Å². The van der Waals surface area contributed by atoms with Gasteiger partial charge in [-0.2, -0.15) is 15.6 Å². The summed E-state index contributed by atoms with van der Waals surface area (Å²) in [6, 6.07) is 16.6. The van der Waals surface area contributed by atoms with Crippen molar-refractivity contribution in [1.82, 2.24) is 5.01 Å². The standard InChI is InChI=1S/C20H13N5O3/c21-11-20(12-22)18(13-5-7-15(8-6-13)25(27)28)17(10-26)19-16-4-2-1-3-14(16)9-23-24(19)20/h1-10,17-19H/t17-,18-,19+/m1/s1. The first-order chi connectivity index (χ1) is 13.6. The number of carbonyl (C=O) groups excluding carboxylic acids is 1. The molecule has 0 N–H and O–H groups in total. The van der Waals surface area contributed by atoms with Crippen LogP contribution in [0, 0.1) is 38.7 Å². The number of fused-ring (bicyclic) bond motifs is 3. The van der Waals surface area contributed by atoms with Gasteiger partial charge >= 0.3 is 0 Å². The Morgan fingerprint density at radius 1 is 1.14 bits per heavy atom. The summed E-state index contributed by atoms with van der Waals surface area (Å²) in [6.45, 7) is 0. The van der Waals surface area contributed by atoms with Crippen molar-refractivity contribution in [2.75, 3.05) is 0 Å². The van der Waals surface area contributed by atoms with E-state index in [1.807, 2.05) is 24.3 Å². The van der Waals surface area contributed by atoms with E-state index < -0.39 is 28.3 Å². The average Bonchev–Trinajstić information content (AvgIpc) is 3.04. The highest BCUT2D eigenvalue weighted by atomic mass is 16.6. The van der Waals surface area contributed by atoms with Crippen LogP contribution in [-0.4, -0.2) is 28.0 Å². The van der Waals surface area contributed by atoms with Crippen LogP contribution in [0.2, 0.25) is 0 Å². The maximum Gasteiger partial charge on any atom is 0.269 e. The minimum Gasteiger partial charge on any atom is -0.303 e. The van der Waals surface area contributed by atoms with Crippen LogP contribution in [0.1, 0.15) is 28.7 Å². The minimum atomic E-state index is -1.71. The number of nitro groups is 1. The number of nitrogens with zero attached hydrogens (tertiary/aromatic N) is 5. The SMILES string of the molecule is N#CC1(C#N)[C@H](c2ccc([N+](=O)[O-])cc2)[C@@H](C=O)[C@@H]2c3ccccc3C=NN21. The topological polar surface area (TPSA) is 123 Å². The fourth-order valence-corrected chi connectivity index (χ4v) is 4.20. The number of hydrogen-bond acceptors (Lipinski definition) is 7. The molecule has 0 aromatic heterocycles. The maximum absolute atomic E-state index is 12.1. The van der Waals surface area contributed by atoms with Crippen molar-refractivity contribution in [1.29, 1.82) is 10.5 Å². The molecule has 0 bridgehead atoms. The van der Waals surface area contributed by atoms with Crippen LogP contribution >= 0.6 is 0 Å². The third-order valence-corrected chi connectivity index (χ3v) is 5.42. The van der Waals surface area contributed by atoms with E-state index in [1.54, 1.807) is 6.21 Å². The van der Waals surface area contributed by atoms with E-state index in [0.717, 1.165) is 17.4 Å². The second kappa shape index (κ2) is 6.29. The monoisotopic (exact) mass is 371 g/mol. The highest BCUT2D eigenvalue weighted by Crippen LogP contribution is 2.55. The summed E-state index contributed by atoms with van der Waals surface area (Å²) in [5.74, 6) is -1.53. The molecule has 8 heteroatoms. The molecule has 2 aromatic rings. The molecule has 1 saturated heterocycles. The molecule has 1 fully saturated rings. The molecule has 3 atom stereocenters. The normalized spacial score (nSPS) is 23.8. The summed E-state index contributed by atoms with van der Waals surface area (Å²) in [5.41, 5.74) is 0.327. The molecule has 2 aliphatic heterocycles. The van der Waals surface area contributed by atoms with Crippen LogP contribution in [0.3, 0.4) is 0 Å². The van der Waals surface area contributed by atoms with Crippen LogP contribution in [-0.2, 0) is 4.79 Å². The summed E-state index contributed by atoms with van der Waals surface area (Å²) in [4.78, 5) is 22.6. The lowest BCUT2D eigenvalue weighted by Crippen LogP contribution is -2.43. The molecule has 0 unspecified atom stereocenters. The number of hydrazone groups is 1. The van der Waals surface area contributed by atoms with Gasteiger partial charge in [-0.05, 0) is 16.7 Å². The molecule has 0 radical (unpaired) electrons. The van der Waals surface area contributed by atoms with Gasteiger partial charge in [-0.3, -0.25) is 15.1 Å². The van der Waals surface area contributed by atoms with Gasteiger partial charge < -0.3 is 4.79 Å². The zero-order valence-corrected chi connectivity index (χ0v) is 14.5. The lowest BCUT2D eigenvalue weighted by Gasteiger charge is -2.33. The van der Waals surface area contributed by atoms with Crippen molar-refractivity contribution in [3.63, 3.8) is 0 Å². The Morgan fingerprint density at radius 2 is 1.82 bits per heavy atom. The Hall–Kier alpha value is -4.04. The maximum atomic E-state index is 12.1. The summed E-state index contributed by atoms with van der Waals surface area (Å²) >= 11 is 0. The van der Waals surface area contributed by atoms with Crippen LogP contribution in [0.15, 0.2) is 53.6 Å². The Labute approximate surface area is 160 Å². The predicted octanol–water partition coefficient (Wildman–Crippen LogP) is 2.68. The highest BCUT2D eigenvalue weighted by molar-refractivity contribution is 5.84. The predicted molar refractivity (Wildman–Crippen MR) is 98.0 cm³/mol. The van der Waals surface area contributed by atoms with Crippen molar-refractivity contribution in [3.05, 3.63) is 75.3 Å². The minimum absolute atomic E-state index is 0.106. The number of hydrogen-bond donors (Lipinski definition) is 0. The number of nitro benzene ring substituents is 1. The van der Waals surface area contributed by atoms with Gasteiger partial charge in [0.1, 0.15) is 18.4 Å². The fraction of sp³-hybridized carbons (Fsp3) is 0.200. The number of carbonyl (C=O) groups is 1. The van der Waals surface area contributed by atoms with E-state index in [-0.39, 0.29) is 5.69 Å². The van der Waals surface area contributed by atoms with E-state index in [1.165, 1.54) is 29.3 Å². The number of non-ortho nitro benzene ring substituents is 1. The molecule has 0 spiro atoms. The van der Waals surface area contributed by atoms with Crippen LogP contribution in [0.4, 0.5) is 5.69 Å². The third-order valence-electron chi connectivity index (χ3n) is 5.42. The molecule has 136 valence electrons. The second-order valence-corrected chi connectivity index (χ2v) is 6.69. The Morgan fingerprint density at radius 3 is 2.43 bits per heavy atom. The number of rotatable bonds is 3. The van der Waals surface area contributed by atoms with Crippen LogP contribution in [0.5, 0.6) is 0 Å². The first kappa shape index (κ1) is 17.4. The van der Waals surface area contributed by atoms with Gasteiger partial charge in [0.25, 0.3) is 5.69 Å². The molecule has 0 amide bonds. The third kappa shape index (κ3) is 2.22. The van der Waals surface area contributed by atoms with Crippen molar-refractivity contribution in [3.8, 4) is 12.1 Å². The number of aldehydes is 1. The first-order valence-corrected chi connectivity index (χ1v) is 8.52.